The lowest BCUT2D eigenvalue weighted by Crippen LogP contribution is -2.52. The van der Waals surface area contributed by atoms with Crippen LogP contribution in [0.1, 0.15) is 38.7 Å². The number of sulfonamides is 1. The molecule has 39 heavy (non-hydrogen) atoms. The van der Waals surface area contributed by atoms with E-state index < -0.39 is 34.3 Å². The van der Waals surface area contributed by atoms with Crippen molar-refractivity contribution in [2.24, 2.45) is 0 Å². The van der Waals surface area contributed by atoms with Crippen LogP contribution in [0.3, 0.4) is 0 Å². The van der Waals surface area contributed by atoms with E-state index in [1.165, 1.54) is 47.4 Å². The molecule has 0 spiro atoms. The van der Waals surface area contributed by atoms with E-state index in [4.69, 9.17) is 11.6 Å². The van der Waals surface area contributed by atoms with Gasteiger partial charge in [-0.15, -0.1) is 0 Å². The number of amides is 2. The third-order valence-electron chi connectivity index (χ3n) is 6.19. The van der Waals surface area contributed by atoms with Gasteiger partial charge in [0.05, 0.1) is 10.6 Å². The van der Waals surface area contributed by atoms with Crippen molar-refractivity contribution in [3.8, 4) is 0 Å². The smallest absolute Gasteiger partial charge is 0.264 e. The van der Waals surface area contributed by atoms with Crippen molar-refractivity contribution < 1.29 is 22.4 Å². The zero-order valence-electron chi connectivity index (χ0n) is 22.0. The molecule has 1 N–H and O–H groups in total. The summed E-state index contributed by atoms with van der Waals surface area (Å²) in [5, 5.41) is 3.18. The van der Waals surface area contributed by atoms with Gasteiger partial charge in [-0.25, -0.2) is 12.8 Å². The van der Waals surface area contributed by atoms with Crippen LogP contribution in [0.15, 0.2) is 83.8 Å². The number of nitrogens with zero attached hydrogens (tertiary/aromatic N) is 2. The molecule has 0 heterocycles. The van der Waals surface area contributed by atoms with Gasteiger partial charge in [-0.1, -0.05) is 68.3 Å². The molecule has 0 aliphatic rings. The van der Waals surface area contributed by atoms with Gasteiger partial charge in [-0.2, -0.15) is 0 Å². The number of anilines is 1. The van der Waals surface area contributed by atoms with Crippen molar-refractivity contribution in [3.63, 3.8) is 0 Å². The van der Waals surface area contributed by atoms with Crippen molar-refractivity contribution in [1.29, 1.82) is 0 Å². The average Bonchev–Trinajstić information content (AvgIpc) is 2.93. The van der Waals surface area contributed by atoms with Crippen molar-refractivity contribution in [2.45, 2.75) is 50.6 Å². The number of hydrogen-bond acceptors (Lipinski definition) is 4. The van der Waals surface area contributed by atoms with Gasteiger partial charge >= 0.3 is 0 Å². The second-order valence-electron chi connectivity index (χ2n) is 9.02. The van der Waals surface area contributed by atoms with Crippen molar-refractivity contribution in [1.82, 2.24) is 10.2 Å². The molecule has 0 unspecified atom stereocenters. The molecule has 0 aliphatic carbocycles. The number of rotatable bonds is 13. The standard InChI is InChI=1S/C29H33ClFN3O4S/c1-3-5-18-32-29(36)27(4-2)33(20-22-14-16-24(31)17-15-22)28(35)21-34(25-11-9-10-23(30)19-25)39(37,38)26-12-7-6-8-13-26/h6-17,19,27H,3-5,18,20-21H2,1-2H3,(H,32,36)/t27-/m1/s1. The second kappa shape index (κ2) is 14.1. The first-order valence-corrected chi connectivity index (χ1v) is 14.6. The lowest BCUT2D eigenvalue weighted by Gasteiger charge is -2.33. The van der Waals surface area contributed by atoms with Crippen LogP contribution in [0.2, 0.25) is 5.02 Å². The summed E-state index contributed by atoms with van der Waals surface area (Å²) in [6, 6.07) is 18.8. The maximum absolute atomic E-state index is 13.9. The Kier molecular flexibility index (Phi) is 10.9. The minimum Gasteiger partial charge on any atom is -0.354 e. The van der Waals surface area contributed by atoms with Crippen LogP contribution < -0.4 is 9.62 Å². The molecule has 3 aromatic carbocycles. The summed E-state index contributed by atoms with van der Waals surface area (Å²) in [5.41, 5.74) is 0.812. The summed E-state index contributed by atoms with van der Waals surface area (Å²) >= 11 is 6.18. The molecular weight excluding hydrogens is 541 g/mol. The first kappa shape index (κ1) is 30.1. The largest absolute Gasteiger partial charge is 0.354 e. The molecule has 3 aromatic rings. The normalized spacial score (nSPS) is 12.0. The monoisotopic (exact) mass is 573 g/mol. The molecule has 208 valence electrons. The zero-order valence-corrected chi connectivity index (χ0v) is 23.6. The van der Waals surface area contributed by atoms with Crippen LogP contribution in [-0.2, 0) is 26.2 Å². The molecule has 0 fully saturated rings. The molecular formula is C29H33ClFN3O4S. The van der Waals surface area contributed by atoms with E-state index in [0.717, 1.165) is 17.1 Å². The van der Waals surface area contributed by atoms with E-state index in [9.17, 15) is 22.4 Å². The van der Waals surface area contributed by atoms with Crippen molar-refractivity contribution >= 4 is 39.1 Å². The maximum Gasteiger partial charge on any atom is 0.264 e. The third-order valence-corrected chi connectivity index (χ3v) is 8.21. The summed E-state index contributed by atoms with van der Waals surface area (Å²) in [7, 11) is -4.17. The molecule has 0 saturated heterocycles. The fraction of sp³-hybridized carbons (Fsp3) is 0.310. The van der Waals surface area contributed by atoms with Crippen LogP contribution in [-0.4, -0.2) is 44.3 Å². The van der Waals surface area contributed by atoms with E-state index in [2.05, 4.69) is 5.32 Å². The van der Waals surface area contributed by atoms with Gasteiger partial charge in [-0.3, -0.25) is 13.9 Å². The van der Waals surface area contributed by atoms with E-state index in [-0.39, 0.29) is 23.0 Å². The SMILES string of the molecule is CCCCNC(=O)[C@@H](CC)N(Cc1ccc(F)cc1)C(=O)CN(c1cccc(Cl)c1)S(=O)(=O)c1ccccc1. The molecule has 0 saturated carbocycles. The lowest BCUT2D eigenvalue weighted by molar-refractivity contribution is -0.140. The van der Waals surface area contributed by atoms with Crippen LogP contribution >= 0.6 is 11.6 Å². The molecule has 1 atom stereocenters. The molecule has 7 nitrogen and oxygen atoms in total. The Bertz CT molecular complexity index is 1350. The predicted octanol–water partition coefficient (Wildman–Crippen LogP) is 5.40. The van der Waals surface area contributed by atoms with E-state index in [1.807, 2.05) is 6.92 Å². The highest BCUT2D eigenvalue weighted by Crippen LogP contribution is 2.27. The fourth-order valence-corrected chi connectivity index (χ4v) is 5.70. The summed E-state index contributed by atoms with van der Waals surface area (Å²) in [5.74, 6) is -1.35. The summed E-state index contributed by atoms with van der Waals surface area (Å²) in [4.78, 5) is 28.4. The number of carbonyl (C=O) groups is 2. The van der Waals surface area contributed by atoms with E-state index in [0.29, 0.717) is 23.6 Å². The Hall–Kier alpha value is -3.43. The fourth-order valence-electron chi connectivity index (χ4n) is 4.09. The lowest BCUT2D eigenvalue weighted by atomic mass is 10.1. The summed E-state index contributed by atoms with van der Waals surface area (Å²) in [6.07, 6.45) is 1.97. The molecule has 0 bridgehead atoms. The van der Waals surface area contributed by atoms with Crippen LogP contribution in [0.25, 0.3) is 0 Å². The Morgan fingerprint density at radius 3 is 2.28 bits per heavy atom. The van der Waals surface area contributed by atoms with Crippen LogP contribution in [0.4, 0.5) is 10.1 Å². The average molecular weight is 574 g/mol. The van der Waals surface area contributed by atoms with E-state index in [1.54, 1.807) is 43.3 Å². The van der Waals surface area contributed by atoms with Crippen LogP contribution in [0.5, 0.6) is 0 Å². The highest BCUT2D eigenvalue weighted by atomic mass is 35.5. The summed E-state index contributed by atoms with van der Waals surface area (Å²) < 4.78 is 42.0. The van der Waals surface area contributed by atoms with Gasteiger partial charge in [0.15, 0.2) is 0 Å². The molecule has 10 heteroatoms. The molecule has 0 aliphatic heterocycles. The van der Waals surface area contributed by atoms with Gasteiger partial charge in [0, 0.05) is 18.1 Å². The Labute approximate surface area is 234 Å². The topological polar surface area (TPSA) is 86.8 Å². The van der Waals surface area contributed by atoms with Gasteiger partial charge < -0.3 is 10.2 Å². The quantitative estimate of drug-likeness (QED) is 0.277. The number of nitrogens with one attached hydrogen (secondary N) is 1. The molecule has 3 rings (SSSR count). The minimum atomic E-state index is -4.17. The molecule has 0 radical (unpaired) electrons. The molecule has 2 amide bonds. The van der Waals surface area contributed by atoms with Crippen molar-refractivity contribution in [2.75, 3.05) is 17.4 Å². The Balaban J connectivity index is 2.02. The zero-order chi connectivity index (χ0) is 28.4. The van der Waals surface area contributed by atoms with Gasteiger partial charge in [0.1, 0.15) is 18.4 Å². The summed E-state index contributed by atoms with van der Waals surface area (Å²) in [6.45, 7) is 3.67. The Morgan fingerprint density at radius 2 is 1.67 bits per heavy atom. The number of benzene rings is 3. The number of halogens is 2. The van der Waals surface area contributed by atoms with Gasteiger partial charge in [0.25, 0.3) is 10.0 Å². The van der Waals surface area contributed by atoms with Crippen molar-refractivity contribution in [3.05, 3.63) is 95.3 Å². The second-order valence-corrected chi connectivity index (χ2v) is 11.3. The number of hydrogen-bond donors (Lipinski definition) is 1. The maximum atomic E-state index is 13.9. The minimum absolute atomic E-state index is 0.00636. The van der Waals surface area contributed by atoms with Gasteiger partial charge in [-0.05, 0) is 60.9 Å². The number of carbonyl (C=O) groups excluding carboxylic acids is 2. The van der Waals surface area contributed by atoms with Gasteiger partial charge in [0.2, 0.25) is 11.8 Å². The molecule has 0 aromatic heterocycles. The predicted molar refractivity (Wildman–Crippen MR) is 151 cm³/mol. The van der Waals surface area contributed by atoms with Crippen LogP contribution in [0, 0.1) is 5.82 Å². The highest BCUT2D eigenvalue weighted by molar-refractivity contribution is 7.92. The van der Waals surface area contributed by atoms with E-state index >= 15 is 0 Å². The Morgan fingerprint density at radius 1 is 0.974 bits per heavy atom. The first-order chi connectivity index (χ1) is 18.7. The first-order valence-electron chi connectivity index (χ1n) is 12.8. The number of unbranched alkanes of at least 4 members (excludes halogenated alkanes) is 1. The third kappa shape index (κ3) is 8.03. The highest BCUT2D eigenvalue weighted by Gasteiger charge is 2.33.